The molecule has 5 nitrogen and oxygen atoms in total. The van der Waals surface area contributed by atoms with Crippen LogP contribution >= 0.6 is 0 Å². The average molecular weight is 235 g/mol. The molecule has 0 aliphatic heterocycles. The largest absolute Gasteiger partial charge is 0.354 e. The highest BCUT2D eigenvalue weighted by Gasteiger charge is 2.09. The van der Waals surface area contributed by atoms with Crippen LogP contribution in [0.1, 0.15) is 19.0 Å². The second kappa shape index (κ2) is 4.90. The van der Waals surface area contributed by atoms with Gasteiger partial charge in [-0.25, -0.2) is 14.1 Å². The van der Waals surface area contributed by atoms with Crippen molar-refractivity contribution in [3.63, 3.8) is 0 Å². The predicted molar refractivity (Wildman–Crippen MR) is 62.6 cm³/mol. The van der Waals surface area contributed by atoms with E-state index in [1.54, 1.807) is 12.3 Å². The molecule has 0 fully saturated rings. The molecular weight excluding hydrogens is 221 g/mol. The molecule has 2 heterocycles. The van der Waals surface area contributed by atoms with E-state index < -0.39 is 5.82 Å². The highest BCUT2D eigenvalue weighted by molar-refractivity contribution is 5.32. The Kier molecular flexibility index (Phi) is 3.32. The number of hydrogen-bond donors (Lipinski definition) is 1. The number of nitrogens with zero attached hydrogens (tertiary/aromatic N) is 4. The number of halogens is 1. The third kappa shape index (κ3) is 2.58. The van der Waals surface area contributed by atoms with Gasteiger partial charge in [-0.2, -0.15) is 10.1 Å². The van der Waals surface area contributed by atoms with Gasteiger partial charge in [0.05, 0.1) is 11.9 Å². The van der Waals surface area contributed by atoms with Crippen LogP contribution in [0.5, 0.6) is 0 Å². The van der Waals surface area contributed by atoms with Gasteiger partial charge in [-0.15, -0.1) is 0 Å². The molecule has 0 radical (unpaired) electrons. The average Bonchev–Trinajstić information content (AvgIpc) is 2.75. The van der Waals surface area contributed by atoms with E-state index in [1.807, 2.05) is 13.8 Å². The number of rotatable bonds is 4. The molecule has 0 aromatic carbocycles. The highest BCUT2D eigenvalue weighted by atomic mass is 19.1. The molecular formula is C11H14FN5. The van der Waals surface area contributed by atoms with Gasteiger partial charge in [0, 0.05) is 12.7 Å². The molecule has 0 atom stereocenters. The number of aryl methyl sites for hydroxylation is 1. The van der Waals surface area contributed by atoms with Crippen molar-refractivity contribution in [3.8, 4) is 5.82 Å². The van der Waals surface area contributed by atoms with Crippen LogP contribution in [0, 0.1) is 12.7 Å². The minimum Gasteiger partial charge on any atom is -0.354 e. The first-order chi connectivity index (χ1) is 8.20. The van der Waals surface area contributed by atoms with Crippen molar-refractivity contribution in [2.75, 3.05) is 11.9 Å². The van der Waals surface area contributed by atoms with Crippen LogP contribution in [0.15, 0.2) is 18.5 Å². The van der Waals surface area contributed by atoms with Gasteiger partial charge in [0.1, 0.15) is 0 Å². The molecule has 1 N–H and O–H groups in total. The van der Waals surface area contributed by atoms with Crippen LogP contribution in [0.2, 0.25) is 0 Å². The van der Waals surface area contributed by atoms with Crippen LogP contribution in [-0.4, -0.2) is 26.3 Å². The minimum absolute atomic E-state index is 0.159. The number of anilines is 1. The molecule has 0 saturated carbocycles. The Balaban J connectivity index is 2.32. The third-order valence-corrected chi connectivity index (χ3v) is 2.20. The second-order valence-corrected chi connectivity index (χ2v) is 3.69. The second-order valence-electron chi connectivity index (χ2n) is 3.69. The smallest absolute Gasteiger partial charge is 0.224 e. The number of hydrogen-bond acceptors (Lipinski definition) is 4. The first-order valence-electron chi connectivity index (χ1n) is 5.49. The summed E-state index contributed by atoms with van der Waals surface area (Å²) < 4.78 is 15.0. The normalized spacial score (nSPS) is 10.5. The summed E-state index contributed by atoms with van der Waals surface area (Å²) in [7, 11) is 0. The molecule has 0 aliphatic rings. The fourth-order valence-corrected chi connectivity index (χ4v) is 1.37. The maximum absolute atomic E-state index is 13.6. The minimum atomic E-state index is -0.491. The standard InChI is InChI=1S/C11H14FN5/c1-3-5-13-11-14-7-9(12)10(15-11)17-6-4-8(2)16-17/h4,6-7H,3,5H2,1-2H3,(H,13,14,15). The van der Waals surface area contributed by atoms with E-state index in [4.69, 9.17) is 0 Å². The Morgan fingerprint density at radius 2 is 2.29 bits per heavy atom. The van der Waals surface area contributed by atoms with Crippen LogP contribution < -0.4 is 5.32 Å². The fourth-order valence-electron chi connectivity index (χ4n) is 1.37. The van der Waals surface area contributed by atoms with E-state index in [2.05, 4.69) is 20.4 Å². The van der Waals surface area contributed by atoms with Gasteiger partial charge in [-0.3, -0.25) is 0 Å². The van der Waals surface area contributed by atoms with Gasteiger partial charge in [0.15, 0.2) is 11.6 Å². The molecule has 0 unspecified atom stereocenters. The Morgan fingerprint density at radius 1 is 1.47 bits per heavy atom. The molecule has 0 spiro atoms. The van der Waals surface area contributed by atoms with E-state index in [9.17, 15) is 4.39 Å². The Bertz CT molecular complexity index is 508. The fraction of sp³-hybridized carbons (Fsp3) is 0.364. The predicted octanol–water partition coefficient (Wildman–Crippen LogP) is 1.93. The summed E-state index contributed by atoms with van der Waals surface area (Å²) >= 11 is 0. The quantitative estimate of drug-likeness (QED) is 0.879. The lowest BCUT2D eigenvalue weighted by Gasteiger charge is -2.06. The summed E-state index contributed by atoms with van der Waals surface area (Å²) in [5.74, 6) is 0.0817. The lowest BCUT2D eigenvalue weighted by atomic mass is 10.5. The zero-order valence-electron chi connectivity index (χ0n) is 9.81. The molecule has 2 aromatic heterocycles. The van der Waals surface area contributed by atoms with Crippen LogP contribution in [0.4, 0.5) is 10.3 Å². The number of nitrogens with one attached hydrogen (secondary N) is 1. The van der Waals surface area contributed by atoms with E-state index in [0.29, 0.717) is 5.95 Å². The topological polar surface area (TPSA) is 55.6 Å². The van der Waals surface area contributed by atoms with E-state index in [1.165, 1.54) is 4.68 Å². The summed E-state index contributed by atoms with van der Waals surface area (Å²) in [6.07, 6.45) is 3.78. The summed E-state index contributed by atoms with van der Waals surface area (Å²) in [5, 5.41) is 7.13. The van der Waals surface area contributed by atoms with Crippen molar-refractivity contribution < 1.29 is 4.39 Å². The molecule has 17 heavy (non-hydrogen) atoms. The first-order valence-corrected chi connectivity index (χ1v) is 5.49. The van der Waals surface area contributed by atoms with Gasteiger partial charge in [-0.05, 0) is 19.4 Å². The lowest BCUT2D eigenvalue weighted by Crippen LogP contribution is -2.09. The lowest BCUT2D eigenvalue weighted by molar-refractivity contribution is 0.592. The van der Waals surface area contributed by atoms with Crippen molar-refractivity contribution in [2.45, 2.75) is 20.3 Å². The summed E-state index contributed by atoms with van der Waals surface area (Å²) in [4.78, 5) is 7.97. The monoisotopic (exact) mass is 235 g/mol. The molecule has 90 valence electrons. The SMILES string of the molecule is CCCNc1ncc(F)c(-n2ccc(C)n2)n1. The van der Waals surface area contributed by atoms with Crippen LogP contribution in [0.25, 0.3) is 5.82 Å². The Labute approximate surface area is 98.7 Å². The summed E-state index contributed by atoms with van der Waals surface area (Å²) in [6.45, 7) is 4.63. The molecule has 0 saturated heterocycles. The van der Waals surface area contributed by atoms with Crippen molar-refractivity contribution in [2.24, 2.45) is 0 Å². The maximum Gasteiger partial charge on any atom is 0.224 e. The van der Waals surface area contributed by atoms with Gasteiger partial charge < -0.3 is 5.32 Å². The molecule has 2 rings (SSSR count). The van der Waals surface area contributed by atoms with Crippen molar-refractivity contribution in [3.05, 3.63) is 30.0 Å². The van der Waals surface area contributed by atoms with E-state index >= 15 is 0 Å². The first kappa shape index (κ1) is 11.5. The summed E-state index contributed by atoms with van der Waals surface area (Å²) in [6, 6.07) is 1.79. The number of aromatic nitrogens is 4. The zero-order valence-corrected chi connectivity index (χ0v) is 9.81. The Morgan fingerprint density at radius 3 is 2.94 bits per heavy atom. The summed E-state index contributed by atoms with van der Waals surface area (Å²) in [5.41, 5.74) is 0.811. The maximum atomic E-state index is 13.6. The molecule has 0 amide bonds. The van der Waals surface area contributed by atoms with E-state index in [0.717, 1.165) is 24.9 Å². The van der Waals surface area contributed by atoms with E-state index in [-0.39, 0.29) is 5.82 Å². The molecule has 0 bridgehead atoms. The van der Waals surface area contributed by atoms with Gasteiger partial charge in [0.2, 0.25) is 5.95 Å². The Hall–Kier alpha value is -1.98. The molecule has 6 heteroatoms. The van der Waals surface area contributed by atoms with Crippen LogP contribution in [0.3, 0.4) is 0 Å². The van der Waals surface area contributed by atoms with Crippen molar-refractivity contribution in [1.29, 1.82) is 0 Å². The highest BCUT2D eigenvalue weighted by Crippen LogP contribution is 2.11. The molecule has 2 aromatic rings. The van der Waals surface area contributed by atoms with Gasteiger partial charge >= 0.3 is 0 Å². The van der Waals surface area contributed by atoms with Gasteiger partial charge in [0.25, 0.3) is 0 Å². The van der Waals surface area contributed by atoms with Crippen LogP contribution in [-0.2, 0) is 0 Å². The van der Waals surface area contributed by atoms with Crippen molar-refractivity contribution >= 4 is 5.95 Å². The zero-order chi connectivity index (χ0) is 12.3. The van der Waals surface area contributed by atoms with Gasteiger partial charge in [-0.1, -0.05) is 6.92 Å². The molecule has 0 aliphatic carbocycles. The third-order valence-electron chi connectivity index (χ3n) is 2.20. The van der Waals surface area contributed by atoms with Crippen molar-refractivity contribution in [1.82, 2.24) is 19.7 Å².